The summed E-state index contributed by atoms with van der Waals surface area (Å²) in [5.74, 6) is 0.573. The van der Waals surface area contributed by atoms with Crippen LogP contribution in [0.3, 0.4) is 0 Å². The van der Waals surface area contributed by atoms with Crippen molar-refractivity contribution in [3.8, 4) is 0 Å². The summed E-state index contributed by atoms with van der Waals surface area (Å²) in [4.78, 5) is 0. The van der Waals surface area contributed by atoms with Crippen LogP contribution in [0.25, 0.3) is 5.57 Å². The van der Waals surface area contributed by atoms with Gasteiger partial charge in [-0.3, -0.25) is 0 Å². The lowest BCUT2D eigenvalue weighted by atomic mass is 9.90. The minimum Gasteiger partial charge on any atom is -0.0990 e. The van der Waals surface area contributed by atoms with E-state index in [-0.39, 0.29) is 0 Å². The van der Waals surface area contributed by atoms with Gasteiger partial charge in [0.2, 0.25) is 0 Å². The highest BCUT2D eigenvalue weighted by Crippen LogP contribution is 2.28. The molecule has 0 heterocycles. The Morgan fingerprint density at radius 3 is 2.33 bits per heavy atom. The van der Waals surface area contributed by atoms with Crippen LogP contribution in [0.1, 0.15) is 51.2 Å². The first-order chi connectivity index (χ1) is 8.74. The Labute approximate surface area is 113 Å². The molecule has 98 valence electrons. The molecule has 0 amide bonds. The van der Waals surface area contributed by atoms with Crippen LogP contribution in [0.2, 0.25) is 0 Å². The predicted octanol–water partition coefficient (Wildman–Crippen LogP) is 5.98. The van der Waals surface area contributed by atoms with Crippen molar-refractivity contribution in [2.45, 2.75) is 40.0 Å². The van der Waals surface area contributed by atoms with Crippen LogP contribution in [0, 0.1) is 0 Å². The molecule has 0 spiro atoms. The van der Waals surface area contributed by atoms with Crippen LogP contribution in [0.5, 0.6) is 0 Å². The first kappa shape index (κ1) is 16.4. The van der Waals surface area contributed by atoms with Crippen LogP contribution in [-0.4, -0.2) is 0 Å². The Bertz CT molecular complexity index is 396. The third-order valence-corrected chi connectivity index (χ3v) is 2.93. The first-order valence-electron chi connectivity index (χ1n) is 6.79. The third-order valence-electron chi connectivity index (χ3n) is 2.93. The molecule has 0 heteroatoms. The van der Waals surface area contributed by atoms with E-state index in [9.17, 15) is 0 Å². The maximum Gasteiger partial charge on any atom is -0.0149 e. The van der Waals surface area contributed by atoms with Crippen LogP contribution in [-0.2, 0) is 0 Å². The number of hydrogen-bond donors (Lipinski definition) is 0. The van der Waals surface area contributed by atoms with Gasteiger partial charge in [0.25, 0.3) is 0 Å². The van der Waals surface area contributed by atoms with E-state index in [4.69, 9.17) is 0 Å². The van der Waals surface area contributed by atoms with E-state index in [1.54, 1.807) is 0 Å². The van der Waals surface area contributed by atoms with Crippen LogP contribution >= 0.6 is 0 Å². The van der Waals surface area contributed by atoms with Gasteiger partial charge in [-0.15, -0.1) is 0 Å². The van der Waals surface area contributed by atoms with Gasteiger partial charge in [-0.25, -0.2) is 0 Å². The average molecular weight is 242 g/mol. The lowest BCUT2D eigenvalue weighted by Gasteiger charge is -2.15. The molecule has 1 aromatic carbocycles. The molecular weight excluding hydrogens is 216 g/mol. The molecule has 1 atom stereocenters. The molecule has 1 rings (SSSR count). The molecule has 1 aromatic rings. The van der Waals surface area contributed by atoms with Gasteiger partial charge in [-0.2, -0.15) is 0 Å². The second-order valence-corrected chi connectivity index (χ2v) is 3.96. The molecular formula is C18H26. The van der Waals surface area contributed by atoms with Crippen molar-refractivity contribution in [1.82, 2.24) is 0 Å². The topological polar surface area (TPSA) is 0 Å². The van der Waals surface area contributed by atoms with E-state index < -0.39 is 0 Å². The largest absolute Gasteiger partial charge is 0.0990 e. The summed E-state index contributed by atoms with van der Waals surface area (Å²) in [6, 6.07) is 8.52. The van der Waals surface area contributed by atoms with Crippen LogP contribution in [0.4, 0.5) is 0 Å². The van der Waals surface area contributed by atoms with Crippen molar-refractivity contribution in [1.29, 1.82) is 0 Å². The second-order valence-electron chi connectivity index (χ2n) is 3.96. The predicted molar refractivity (Wildman–Crippen MR) is 84.9 cm³/mol. The molecule has 0 N–H and O–H groups in total. The SMILES string of the molecule is C=C/C=C(\C=C)c1ccccc1C(C)CC.CC. The smallest absolute Gasteiger partial charge is 0.0149 e. The summed E-state index contributed by atoms with van der Waals surface area (Å²) in [7, 11) is 0. The standard InChI is InChI=1S/C16H20.C2H6/c1-5-10-14(7-3)16-12-9-8-11-15(16)13(4)6-2;1-2/h5,7-13H,1,3,6H2,2,4H3;1-2H3/b14-10+;. The Morgan fingerprint density at radius 1 is 1.22 bits per heavy atom. The zero-order valence-corrected chi connectivity index (χ0v) is 12.2. The molecule has 0 aliphatic rings. The summed E-state index contributed by atoms with van der Waals surface area (Å²) in [5.41, 5.74) is 3.80. The molecule has 0 saturated heterocycles. The van der Waals surface area contributed by atoms with E-state index >= 15 is 0 Å². The van der Waals surface area contributed by atoms with Crippen LogP contribution < -0.4 is 0 Å². The summed E-state index contributed by atoms with van der Waals surface area (Å²) in [6.45, 7) is 16.1. The van der Waals surface area contributed by atoms with E-state index in [1.807, 2.05) is 32.1 Å². The fourth-order valence-electron chi connectivity index (χ4n) is 1.80. The number of rotatable bonds is 5. The van der Waals surface area contributed by atoms with Crippen molar-refractivity contribution in [3.05, 3.63) is 66.8 Å². The third kappa shape index (κ3) is 4.37. The Balaban J connectivity index is 0.00000137. The molecule has 1 unspecified atom stereocenters. The van der Waals surface area contributed by atoms with E-state index in [0.717, 1.165) is 12.0 Å². The van der Waals surface area contributed by atoms with E-state index in [0.29, 0.717) is 5.92 Å². The van der Waals surface area contributed by atoms with E-state index in [2.05, 4.69) is 51.3 Å². The van der Waals surface area contributed by atoms with Crippen molar-refractivity contribution < 1.29 is 0 Å². The van der Waals surface area contributed by atoms with E-state index in [1.165, 1.54) is 11.1 Å². The van der Waals surface area contributed by atoms with Gasteiger partial charge < -0.3 is 0 Å². The minimum absolute atomic E-state index is 0.573. The molecule has 0 aliphatic carbocycles. The highest BCUT2D eigenvalue weighted by Gasteiger charge is 2.09. The zero-order valence-electron chi connectivity index (χ0n) is 12.2. The number of benzene rings is 1. The molecule has 0 aromatic heterocycles. The van der Waals surface area contributed by atoms with Gasteiger partial charge >= 0.3 is 0 Å². The molecule has 0 saturated carbocycles. The number of allylic oxidation sites excluding steroid dienone is 4. The summed E-state index contributed by atoms with van der Waals surface area (Å²) in [6.07, 6.45) is 6.86. The summed E-state index contributed by atoms with van der Waals surface area (Å²) in [5, 5.41) is 0. The maximum absolute atomic E-state index is 3.87. The minimum atomic E-state index is 0.573. The Kier molecular flexibility index (Phi) is 8.65. The molecule has 0 fully saturated rings. The fourth-order valence-corrected chi connectivity index (χ4v) is 1.80. The zero-order chi connectivity index (χ0) is 14.0. The molecule has 0 aliphatic heterocycles. The Hall–Kier alpha value is -1.56. The van der Waals surface area contributed by atoms with Crippen molar-refractivity contribution >= 4 is 5.57 Å². The van der Waals surface area contributed by atoms with Gasteiger partial charge in [-0.1, -0.05) is 83.3 Å². The summed E-state index contributed by atoms with van der Waals surface area (Å²) < 4.78 is 0. The summed E-state index contributed by atoms with van der Waals surface area (Å²) >= 11 is 0. The van der Waals surface area contributed by atoms with Gasteiger partial charge in [0, 0.05) is 0 Å². The van der Waals surface area contributed by atoms with Gasteiger partial charge in [0.05, 0.1) is 0 Å². The number of hydrogen-bond acceptors (Lipinski definition) is 0. The average Bonchev–Trinajstić information content (AvgIpc) is 2.46. The first-order valence-corrected chi connectivity index (χ1v) is 6.79. The molecule has 0 bridgehead atoms. The fraction of sp³-hybridized carbons (Fsp3) is 0.333. The van der Waals surface area contributed by atoms with Gasteiger partial charge in [-0.05, 0) is 29.0 Å². The molecule has 0 nitrogen and oxygen atoms in total. The lowest BCUT2D eigenvalue weighted by Crippen LogP contribution is -1.96. The normalized spacial score (nSPS) is 12.1. The molecule has 18 heavy (non-hydrogen) atoms. The van der Waals surface area contributed by atoms with Crippen molar-refractivity contribution in [2.75, 3.05) is 0 Å². The highest BCUT2D eigenvalue weighted by atomic mass is 14.1. The highest BCUT2D eigenvalue weighted by molar-refractivity contribution is 5.76. The van der Waals surface area contributed by atoms with Gasteiger partial charge in [0.1, 0.15) is 0 Å². The lowest BCUT2D eigenvalue weighted by molar-refractivity contribution is 0.732. The Morgan fingerprint density at radius 2 is 1.83 bits per heavy atom. The quantitative estimate of drug-likeness (QED) is 0.557. The van der Waals surface area contributed by atoms with Gasteiger partial charge in [0.15, 0.2) is 0 Å². The monoisotopic (exact) mass is 242 g/mol. The van der Waals surface area contributed by atoms with Crippen LogP contribution in [0.15, 0.2) is 55.7 Å². The van der Waals surface area contributed by atoms with Crippen molar-refractivity contribution in [3.63, 3.8) is 0 Å². The molecule has 0 radical (unpaired) electrons. The maximum atomic E-state index is 3.87. The van der Waals surface area contributed by atoms with Crippen molar-refractivity contribution in [2.24, 2.45) is 0 Å². The second kappa shape index (κ2) is 9.47.